The molecule has 4 heteroatoms. The number of nitrogens with one attached hydrogen (secondary N) is 1. The molecule has 2 heterocycles. The maximum Gasteiger partial charge on any atom is 0.231 e. The van der Waals surface area contributed by atoms with Gasteiger partial charge in [-0.1, -0.05) is 36.4 Å². The molecule has 1 aromatic heterocycles. The van der Waals surface area contributed by atoms with Gasteiger partial charge in [-0.2, -0.15) is 0 Å². The molecule has 0 saturated carbocycles. The summed E-state index contributed by atoms with van der Waals surface area (Å²) in [6.07, 6.45) is 2.72. The third-order valence-electron chi connectivity index (χ3n) is 4.46. The average Bonchev–Trinajstić information content (AvgIpc) is 3.34. The van der Waals surface area contributed by atoms with Crippen LogP contribution >= 0.6 is 0 Å². The van der Waals surface area contributed by atoms with E-state index in [4.69, 9.17) is 13.9 Å². The Morgan fingerprint density at radius 1 is 0.920 bits per heavy atom. The van der Waals surface area contributed by atoms with E-state index >= 15 is 0 Å². The summed E-state index contributed by atoms with van der Waals surface area (Å²) in [7, 11) is 0. The fourth-order valence-corrected chi connectivity index (χ4v) is 3.18. The van der Waals surface area contributed by atoms with E-state index in [1.807, 2.05) is 24.3 Å². The molecule has 1 aliphatic heterocycles. The second kappa shape index (κ2) is 7.45. The maximum atomic E-state index is 5.66. The lowest BCUT2D eigenvalue weighted by molar-refractivity contribution is 0.174. The molecular weight excluding hydrogens is 314 g/mol. The first-order chi connectivity index (χ1) is 12.4. The monoisotopic (exact) mass is 335 g/mol. The first kappa shape index (κ1) is 15.8. The van der Waals surface area contributed by atoms with E-state index in [9.17, 15) is 0 Å². The predicted octanol–water partition coefficient (Wildman–Crippen LogP) is 4.32. The molecule has 1 atom stereocenters. The highest BCUT2D eigenvalue weighted by molar-refractivity contribution is 5.44. The zero-order valence-corrected chi connectivity index (χ0v) is 14.0. The number of rotatable bonds is 7. The van der Waals surface area contributed by atoms with Gasteiger partial charge in [0.2, 0.25) is 6.79 Å². The fourth-order valence-electron chi connectivity index (χ4n) is 3.18. The van der Waals surface area contributed by atoms with Crippen molar-refractivity contribution in [3.05, 3.63) is 83.8 Å². The zero-order chi connectivity index (χ0) is 16.9. The van der Waals surface area contributed by atoms with E-state index in [-0.39, 0.29) is 5.92 Å². The van der Waals surface area contributed by atoms with Gasteiger partial charge in [0.15, 0.2) is 11.5 Å². The fraction of sp³-hybridized carbons (Fsp3) is 0.238. The number of ether oxygens (including phenoxy) is 2. The minimum Gasteiger partial charge on any atom is -0.469 e. The summed E-state index contributed by atoms with van der Waals surface area (Å²) in [5.41, 5.74) is 2.47. The summed E-state index contributed by atoms with van der Waals surface area (Å²) in [4.78, 5) is 0. The molecule has 0 unspecified atom stereocenters. The highest BCUT2D eigenvalue weighted by Gasteiger charge is 2.16. The third-order valence-corrected chi connectivity index (χ3v) is 4.46. The number of fused-ring (bicyclic) bond motifs is 1. The summed E-state index contributed by atoms with van der Waals surface area (Å²) in [6, 6.07) is 20.6. The standard InChI is InChI=1S/C21H21NO3/c1-2-5-17(6-3-1)18(19-7-4-12-23-19)10-11-22-14-16-8-9-20-21(13-16)25-15-24-20/h1-9,12-13,18,22H,10-11,14-15H2/t18-/m1/s1. The van der Waals surface area contributed by atoms with Crippen LogP contribution in [0.2, 0.25) is 0 Å². The first-order valence-corrected chi connectivity index (χ1v) is 8.58. The van der Waals surface area contributed by atoms with Crippen molar-refractivity contribution in [1.82, 2.24) is 5.32 Å². The molecule has 2 aromatic carbocycles. The molecule has 0 amide bonds. The largest absolute Gasteiger partial charge is 0.469 e. The van der Waals surface area contributed by atoms with E-state index in [0.717, 1.165) is 36.8 Å². The van der Waals surface area contributed by atoms with Crippen LogP contribution in [0.5, 0.6) is 11.5 Å². The summed E-state index contributed by atoms with van der Waals surface area (Å²) in [5.74, 6) is 2.93. The van der Waals surface area contributed by atoms with Crippen LogP contribution in [0.4, 0.5) is 0 Å². The van der Waals surface area contributed by atoms with Gasteiger partial charge in [0.25, 0.3) is 0 Å². The minimum absolute atomic E-state index is 0.264. The van der Waals surface area contributed by atoms with E-state index < -0.39 is 0 Å². The summed E-state index contributed by atoms with van der Waals surface area (Å²) < 4.78 is 16.4. The second-order valence-corrected chi connectivity index (χ2v) is 6.13. The number of furan rings is 1. The Morgan fingerprint density at radius 3 is 2.64 bits per heavy atom. The lowest BCUT2D eigenvalue weighted by Crippen LogP contribution is -2.17. The van der Waals surface area contributed by atoms with Crippen LogP contribution in [0.15, 0.2) is 71.3 Å². The topological polar surface area (TPSA) is 43.6 Å². The van der Waals surface area contributed by atoms with Crippen LogP contribution in [0.3, 0.4) is 0 Å². The van der Waals surface area contributed by atoms with Crippen molar-refractivity contribution < 1.29 is 13.9 Å². The van der Waals surface area contributed by atoms with E-state index in [2.05, 4.69) is 41.7 Å². The van der Waals surface area contributed by atoms with Crippen LogP contribution in [0.1, 0.15) is 29.2 Å². The molecule has 1 N–H and O–H groups in total. The summed E-state index contributed by atoms with van der Waals surface area (Å²) in [6.45, 7) is 2.01. The van der Waals surface area contributed by atoms with Crippen molar-refractivity contribution in [1.29, 1.82) is 0 Å². The Labute approximate surface area is 147 Å². The molecule has 128 valence electrons. The molecule has 0 saturated heterocycles. The van der Waals surface area contributed by atoms with Crippen molar-refractivity contribution >= 4 is 0 Å². The van der Waals surface area contributed by atoms with Gasteiger partial charge >= 0.3 is 0 Å². The molecule has 3 aromatic rings. The Balaban J connectivity index is 1.36. The minimum atomic E-state index is 0.264. The molecule has 0 fully saturated rings. The van der Waals surface area contributed by atoms with Crippen molar-refractivity contribution in [3.8, 4) is 11.5 Å². The normalized spacial score (nSPS) is 13.8. The molecule has 1 aliphatic rings. The Hall–Kier alpha value is -2.72. The van der Waals surface area contributed by atoms with Crippen LogP contribution in [-0.4, -0.2) is 13.3 Å². The van der Waals surface area contributed by atoms with Gasteiger partial charge in [0.1, 0.15) is 5.76 Å². The highest BCUT2D eigenvalue weighted by Crippen LogP contribution is 2.32. The highest BCUT2D eigenvalue weighted by atomic mass is 16.7. The number of hydrogen-bond acceptors (Lipinski definition) is 4. The smallest absolute Gasteiger partial charge is 0.231 e. The van der Waals surface area contributed by atoms with Crippen LogP contribution < -0.4 is 14.8 Å². The van der Waals surface area contributed by atoms with Gasteiger partial charge in [-0.25, -0.2) is 0 Å². The first-order valence-electron chi connectivity index (χ1n) is 8.58. The van der Waals surface area contributed by atoms with Gasteiger partial charge in [-0.15, -0.1) is 0 Å². The molecular formula is C21H21NO3. The average molecular weight is 335 g/mol. The third kappa shape index (κ3) is 3.69. The number of benzene rings is 2. The van der Waals surface area contributed by atoms with Gasteiger partial charge in [0, 0.05) is 12.5 Å². The van der Waals surface area contributed by atoms with Gasteiger partial charge < -0.3 is 19.2 Å². The Bertz CT molecular complexity index is 799. The van der Waals surface area contributed by atoms with Crippen molar-refractivity contribution in [2.24, 2.45) is 0 Å². The molecule has 0 aliphatic carbocycles. The lowest BCUT2D eigenvalue weighted by atomic mass is 9.93. The molecule has 25 heavy (non-hydrogen) atoms. The lowest BCUT2D eigenvalue weighted by Gasteiger charge is -2.15. The summed E-state index contributed by atoms with van der Waals surface area (Å²) >= 11 is 0. The Morgan fingerprint density at radius 2 is 1.80 bits per heavy atom. The van der Waals surface area contributed by atoms with E-state index in [1.54, 1.807) is 6.26 Å². The zero-order valence-electron chi connectivity index (χ0n) is 14.0. The van der Waals surface area contributed by atoms with Gasteiger partial charge in [-0.3, -0.25) is 0 Å². The quantitative estimate of drug-likeness (QED) is 0.653. The molecule has 0 radical (unpaired) electrons. The predicted molar refractivity (Wildman–Crippen MR) is 95.9 cm³/mol. The summed E-state index contributed by atoms with van der Waals surface area (Å²) in [5, 5.41) is 3.52. The van der Waals surface area contributed by atoms with E-state index in [1.165, 1.54) is 11.1 Å². The second-order valence-electron chi connectivity index (χ2n) is 6.13. The molecule has 0 bridgehead atoms. The number of hydrogen-bond donors (Lipinski definition) is 1. The van der Waals surface area contributed by atoms with Crippen LogP contribution in [0, 0.1) is 0 Å². The van der Waals surface area contributed by atoms with Gasteiger partial charge in [-0.05, 0) is 48.4 Å². The van der Waals surface area contributed by atoms with Crippen LogP contribution in [0.25, 0.3) is 0 Å². The molecule has 4 nitrogen and oxygen atoms in total. The Kier molecular flexibility index (Phi) is 4.70. The van der Waals surface area contributed by atoms with Crippen molar-refractivity contribution in [2.75, 3.05) is 13.3 Å². The van der Waals surface area contributed by atoms with Gasteiger partial charge in [0.05, 0.1) is 6.26 Å². The maximum absolute atomic E-state index is 5.66. The SMILES string of the molecule is c1ccc([C@@H](CCNCc2ccc3c(c2)OCO3)c2ccco2)cc1. The van der Waals surface area contributed by atoms with E-state index in [0.29, 0.717) is 6.79 Å². The van der Waals surface area contributed by atoms with Crippen LogP contribution in [-0.2, 0) is 6.54 Å². The molecule has 4 rings (SSSR count). The van der Waals surface area contributed by atoms with Crippen molar-refractivity contribution in [3.63, 3.8) is 0 Å². The molecule has 0 spiro atoms. The van der Waals surface area contributed by atoms with Crippen molar-refractivity contribution in [2.45, 2.75) is 18.9 Å².